The Kier molecular flexibility index (Phi) is 10.8. The van der Waals surface area contributed by atoms with Gasteiger partial charge in [-0.3, -0.25) is 14.4 Å². The minimum atomic E-state index is -0.855. The number of carbonyl (C=O) groups excluding carboxylic acids is 3. The fraction of sp³-hybridized carbons (Fsp3) is 0.513. The number of ether oxygens (including phenoxy) is 1. The van der Waals surface area contributed by atoms with E-state index in [0.717, 1.165) is 16.8 Å². The standard InChI is InChI=1S/C39H51N3O5S/c1-9-18-40(28-14-16-30(17-15-28)47-11-3)36(44)33-32-22-27(8)39(48-32)34(33)37(45)42(29(23-43)20-24(4)5)35(39)38(46)41(19-10-2)31-21-25(6)12-13-26(31)7/h9-10,12-17,21,24,27,29,32-35,43H,1-2,11,18-20,22-23H2,3-8H3/t27?,29-,32-,33+,34+,35?,39?/m1/s1. The van der Waals surface area contributed by atoms with Gasteiger partial charge in [-0.2, -0.15) is 0 Å². The van der Waals surface area contributed by atoms with Crippen LogP contribution >= 0.6 is 11.8 Å². The van der Waals surface area contributed by atoms with Crippen molar-refractivity contribution in [3.63, 3.8) is 0 Å². The van der Waals surface area contributed by atoms with Crippen molar-refractivity contribution < 1.29 is 24.2 Å². The molecule has 0 saturated carbocycles. The maximum atomic E-state index is 15.2. The fourth-order valence-electron chi connectivity index (χ4n) is 8.35. The summed E-state index contributed by atoms with van der Waals surface area (Å²) in [4.78, 5) is 50.1. The molecule has 1 N–H and O–H groups in total. The van der Waals surface area contributed by atoms with Gasteiger partial charge in [0.25, 0.3) is 5.91 Å². The fourth-order valence-corrected chi connectivity index (χ4v) is 10.7. The Bertz CT molecular complexity index is 1540. The Hall–Kier alpha value is -3.56. The van der Waals surface area contributed by atoms with E-state index < -0.39 is 28.7 Å². The van der Waals surface area contributed by atoms with Crippen molar-refractivity contribution in [1.82, 2.24) is 4.90 Å². The molecule has 0 aliphatic carbocycles. The molecule has 2 bridgehead atoms. The van der Waals surface area contributed by atoms with Crippen molar-refractivity contribution in [1.29, 1.82) is 0 Å². The van der Waals surface area contributed by atoms with E-state index in [1.807, 2.05) is 63.2 Å². The second-order valence-corrected chi connectivity index (χ2v) is 15.5. The highest BCUT2D eigenvalue weighted by Gasteiger charge is 2.77. The van der Waals surface area contributed by atoms with Crippen LogP contribution in [-0.2, 0) is 14.4 Å². The molecule has 8 nitrogen and oxygen atoms in total. The van der Waals surface area contributed by atoms with Crippen LogP contribution in [0.15, 0.2) is 67.8 Å². The van der Waals surface area contributed by atoms with Crippen LogP contribution < -0.4 is 14.5 Å². The van der Waals surface area contributed by atoms with E-state index in [0.29, 0.717) is 30.9 Å². The molecular weight excluding hydrogens is 623 g/mol. The summed E-state index contributed by atoms with van der Waals surface area (Å²) >= 11 is 1.65. The Morgan fingerprint density at radius 1 is 1.08 bits per heavy atom. The molecule has 3 unspecified atom stereocenters. The van der Waals surface area contributed by atoms with Crippen molar-refractivity contribution in [3.05, 3.63) is 78.9 Å². The first-order valence-electron chi connectivity index (χ1n) is 17.2. The van der Waals surface area contributed by atoms with E-state index in [9.17, 15) is 9.90 Å². The third kappa shape index (κ3) is 6.09. The first-order valence-corrected chi connectivity index (χ1v) is 18.1. The molecule has 2 aromatic rings. The summed E-state index contributed by atoms with van der Waals surface area (Å²) < 4.78 is 4.80. The second-order valence-electron chi connectivity index (χ2n) is 14.0. The van der Waals surface area contributed by atoms with Crippen LogP contribution in [0.4, 0.5) is 11.4 Å². The number of fused-ring (bicyclic) bond motifs is 1. The quantitative estimate of drug-likeness (QED) is 0.241. The number of nitrogens with zero attached hydrogens (tertiary/aromatic N) is 3. The molecule has 9 heteroatoms. The average molecular weight is 674 g/mol. The van der Waals surface area contributed by atoms with Gasteiger partial charge in [0, 0.05) is 29.7 Å². The molecule has 7 atom stereocenters. The Labute approximate surface area is 290 Å². The zero-order chi connectivity index (χ0) is 34.9. The van der Waals surface area contributed by atoms with Crippen molar-refractivity contribution >= 4 is 40.9 Å². The maximum Gasteiger partial charge on any atom is 0.251 e. The third-order valence-electron chi connectivity index (χ3n) is 10.3. The monoisotopic (exact) mass is 673 g/mol. The molecule has 3 heterocycles. The summed E-state index contributed by atoms with van der Waals surface area (Å²) in [5.41, 5.74) is 3.45. The van der Waals surface area contributed by atoms with Crippen LogP contribution in [-0.4, -0.2) is 76.1 Å². The van der Waals surface area contributed by atoms with Crippen molar-refractivity contribution in [3.8, 4) is 5.75 Å². The SMILES string of the molecule is C=CCN(C(=O)[C@@H]1[C@H]2C(=O)N([C@@H](CO)CC(C)C)C(C(=O)N(CC=C)c3cc(C)ccc3C)C23S[C@@H]1CC3C)c1ccc(OCC)cc1. The molecule has 0 radical (unpaired) electrons. The summed E-state index contributed by atoms with van der Waals surface area (Å²) in [6.45, 7) is 20.8. The van der Waals surface area contributed by atoms with Gasteiger partial charge < -0.3 is 24.5 Å². The van der Waals surface area contributed by atoms with Crippen LogP contribution in [0.2, 0.25) is 0 Å². The zero-order valence-corrected chi connectivity index (χ0v) is 30.0. The molecule has 1 spiro atoms. The predicted octanol–water partition coefficient (Wildman–Crippen LogP) is 6.18. The van der Waals surface area contributed by atoms with Gasteiger partial charge in [0.05, 0.1) is 35.8 Å². The molecule has 3 amide bonds. The molecule has 5 rings (SSSR count). The number of aryl methyl sites for hydroxylation is 2. The lowest BCUT2D eigenvalue weighted by Gasteiger charge is -2.42. The maximum absolute atomic E-state index is 15.2. The molecule has 3 aliphatic heterocycles. The third-order valence-corrected chi connectivity index (χ3v) is 12.4. The topological polar surface area (TPSA) is 90.4 Å². The Morgan fingerprint density at radius 2 is 1.75 bits per heavy atom. The van der Waals surface area contributed by atoms with Crippen molar-refractivity contribution in [2.24, 2.45) is 23.7 Å². The summed E-state index contributed by atoms with van der Waals surface area (Å²) in [5.74, 6) is -0.999. The highest BCUT2D eigenvalue weighted by Crippen LogP contribution is 2.69. The van der Waals surface area contributed by atoms with Crippen molar-refractivity contribution in [2.45, 2.75) is 76.5 Å². The summed E-state index contributed by atoms with van der Waals surface area (Å²) in [5, 5.41) is 10.7. The number of carbonyl (C=O) groups is 3. The number of benzene rings is 2. The van der Waals surface area contributed by atoms with Gasteiger partial charge in [0.1, 0.15) is 11.8 Å². The molecule has 2 aromatic carbocycles. The van der Waals surface area contributed by atoms with Gasteiger partial charge in [-0.05, 0) is 86.9 Å². The lowest BCUT2D eigenvalue weighted by molar-refractivity contribution is -0.142. The van der Waals surface area contributed by atoms with Crippen LogP contribution in [0.25, 0.3) is 0 Å². The largest absolute Gasteiger partial charge is 0.494 e. The number of hydrogen-bond acceptors (Lipinski definition) is 6. The number of anilines is 2. The Morgan fingerprint density at radius 3 is 2.35 bits per heavy atom. The minimum absolute atomic E-state index is 0.00893. The summed E-state index contributed by atoms with van der Waals surface area (Å²) in [7, 11) is 0. The number of aliphatic hydroxyl groups is 1. The normalized spacial score (nSPS) is 26.4. The highest BCUT2D eigenvalue weighted by atomic mass is 32.2. The lowest BCUT2D eigenvalue weighted by Crippen LogP contribution is -2.59. The van der Waals surface area contributed by atoms with Crippen molar-refractivity contribution in [2.75, 3.05) is 36.1 Å². The molecule has 258 valence electrons. The van der Waals surface area contributed by atoms with Crippen LogP contribution in [0.5, 0.6) is 5.75 Å². The first-order chi connectivity index (χ1) is 22.9. The van der Waals surface area contributed by atoms with Gasteiger partial charge in [0.15, 0.2) is 0 Å². The molecule has 3 saturated heterocycles. The van der Waals surface area contributed by atoms with Crippen LogP contribution in [0.3, 0.4) is 0 Å². The van der Waals surface area contributed by atoms with Crippen LogP contribution in [0, 0.1) is 37.5 Å². The van der Waals surface area contributed by atoms with Gasteiger partial charge in [-0.25, -0.2) is 0 Å². The zero-order valence-electron chi connectivity index (χ0n) is 29.2. The number of likely N-dealkylation sites (tertiary alicyclic amines) is 1. The van der Waals surface area contributed by atoms with Gasteiger partial charge in [-0.1, -0.05) is 45.1 Å². The average Bonchev–Trinajstić information content (AvgIpc) is 3.66. The lowest BCUT2D eigenvalue weighted by atomic mass is 9.65. The second kappa shape index (κ2) is 14.5. The number of aliphatic hydroxyl groups excluding tert-OH is 1. The number of hydrogen-bond donors (Lipinski definition) is 1. The molecule has 0 aromatic heterocycles. The van der Waals surface area contributed by atoms with E-state index in [1.54, 1.807) is 38.6 Å². The van der Waals surface area contributed by atoms with Gasteiger partial charge in [0.2, 0.25) is 11.8 Å². The van der Waals surface area contributed by atoms with Gasteiger partial charge in [-0.15, -0.1) is 24.9 Å². The number of thioether (sulfide) groups is 1. The Balaban J connectivity index is 1.63. The molecule has 48 heavy (non-hydrogen) atoms. The number of amides is 3. The van der Waals surface area contributed by atoms with E-state index in [1.165, 1.54) is 0 Å². The highest BCUT2D eigenvalue weighted by molar-refractivity contribution is 8.02. The molecular formula is C39H51N3O5S. The van der Waals surface area contributed by atoms with E-state index in [-0.39, 0.29) is 54.5 Å². The van der Waals surface area contributed by atoms with E-state index in [4.69, 9.17) is 4.74 Å². The molecule has 3 fully saturated rings. The smallest absolute Gasteiger partial charge is 0.251 e. The van der Waals surface area contributed by atoms with Gasteiger partial charge >= 0.3 is 0 Å². The van der Waals surface area contributed by atoms with Crippen LogP contribution in [0.1, 0.15) is 51.7 Å². The predicted molar refractivity (Wildman–Crippen MR) is 194 cm³/mol. The minimum Gasteiger partial charge on any atom is -0.494 e. The molecule has 3 aliphatic rings. The summed E-state index contributed by atoms with van der Waals surface area (Å²) in [6, 6.07) is 12.0. The van der Waals surface area contributed by atoms with E-state index >= 15 is 9.59 Å². The number of rotatable bonds is 14. The first kappa shape index (κ1) is 35.7. The van der Waals surface area contributed by atoms with E-state index in [2.05, 4.69) is 33.9 Å². The summed E-state index contributed by atoms with van der Waals surface area (Å²) in [6.07, 6.45) is 4.67.